The minimum Gasteiger partial charge on any atom is -0.373 e. The highest BCUT2D eigenvalue weighted by atomic mass is 19.1. The molecule has 100 valence electrons. The van der Waals surface area contributed by atoms with Gasteiger partial charge >= 0.3 is 0 Å². The van der Waals surface area contributed by atoms with Gasteiger partial charge in [0.05, 0.1) is 5.69 Å². The van der Waals surface area contributed by atoms with Crippen LogP contribution in [0.2, 0.25) is 0 Å². The molecule has 0 unspecified atom stereocenters. The molecule has 0 bridgehead atoms. The molecule has 0 aliphatic heterocycles. The molecule has 1 aromatic carbocycles. The van der Waals surface area contributed by atoms with Gasteiger partial charge in [0, 0.05) is 18.2 Å². The topological polar surface area (TPSA) is 37.8 Å². The van der Waals surface area contributed by atoms with E-state index < -0.39 is 11.6 Å². The van der Waals surface area contributed by atoms with Crippen molar-refractivity contribution in [2.24, 2.45) is 0 Å². The van der Waals surface area contributed by atoms with Crippen molar-refractivity contribution in [1.82, 2.24) is 9.97 Å². The molecule has 0 fully saturated rings. The Morgan fingerprint density at radius 2 is 1.89 bits per heavy atom. The Kier molecular flexibility index (Phi) is 3.74. The first-order valence-electron chi connectivity index (χ1n) is 6.02. The predicted molar refractivity (Wildman–Crippen MR) is 71.0 cm³/mol. The van der Waals surface area contributed by atoms with Crippen molar-refractivity contribution in [2.75, 3.05) is 12.4 Å². The summed E-state index contributed by atoms with van der Waals surface area (Å²) in [6.07, 6.45) is 1.34. The van der Waals surface area contributed by atoms with Gasteiger partial charge in [0.15, 0.2) is 0 Å². The first-order valence-corrected chi connectivity index (χ1v) is 6.02. The van der Waals surface area contributed by atoms with E-state index in [-0.39, 0.29) is 11.5 Å². The molecule has 1 N–H and O–H groups in total. The van der Waals surface area contributed by atoms with Gasteiger partial charge < -0.3 is 5.32 Å². The van der Waals surface area contributed by atoms with Gasteiger partial charge in [-0.2, -0.15) is 0 Å². The number of rotatable bonds is 3. The second kappa shape index (κ2) is 5.30. The van der Waals surface area contributed by atoms with Crippen LogP contribution in [0.1, 0.15) is 25.3 Å². The van der Waals surface area contributed by atoms with Crippen molar-refractivity contribution in [3.05, 3.63) is 41.7 Å². The number of hydrogen-bond acceptors (Lipinski definition) is 3. The fourth-order valence-corrected chi connectivity index (χ4v) is 2.04. The Labute approximate surface area is 110 Å². The van der Waals surface area contributed by atoms with E-state index >= 15 is 0 Å². The van der Waals surface area contributed by atoms with Crippen LogP contribution in [0.25, 0.3) is 11.3 Å². The molecule has 2 rings (SSSR count). The standard InChI is InChI=1S/C14H15F2N3/c1-8(2)12-13(18-7-19-14(12)17-3)10-6-9(15)4-5-11(10)16/h4-8H,1-3H3,(H,17,18,19). The summed E-state index contributed by atoms with van der Waals surface area (Å²) in [6, 6.07) is 3.35. The monoisotopic (exact) mass is 263 g/mol. The first kappa shape index (κ1) is 13.4. The number of anilines is 1. The van der Waals surface area contributed by atoms with Crippen molar-refractivity contribution in [1.29, 1.82) is 0 Å². The van der Waals surface area contributed by atoms with Gasteiger partial charge in [-0.05, 0) is 24.1 Å². The lowest BCUT2D eigenvalue weighted by atomic mass is 9.97. The van der Waals surface area contributed by atoms with E-state index in [1.807, 2.05) is 13.8 Å². The molecule has 1 aromatic heterocycles. The Morgan fingerprint density at radius 3 is 2.53 bits per heavy atom. The molecule has 0 atom stereocenters. The smallest absolute Gasteiger partial charge is 0.133 e. The molecule has 0 aliphatic rings. The zero-order valence-electron chi connectivity index (χ0n) is 11.0. The molecule has 5 heteroatoms. The SMILES string of the molecule is CNc1ncnc(-c2cc(F)ccc2F)c1C(C)C. The Bertz CT molecular complexity index is 597. The highest BCUT2D eigenvalue weighted by Gasteiger charge is 2.18. The third-order valence-electron chi connectivity index (χ3n) is 2.88. The van der Waals surface area contributed by atoms with E-state index in [1.165, 1.54) is 6.33 Å². The van der Waals surface area contributed by atoms with Crippen LogP contribution in [-0.4, -0.2) is 17.0 Å². The predicted octanol–water partition coefficient (Wildman–Crippen LogP) is 3.59. The van der Waals surface area contributed by atoms with E-state index in [0.717, 1.165) is 23.8 Å². The number of nitrogens with zero attached hydrogens (tertiary/aromatic N) is 2. The molecule has 0 saturated carbocycles. The summed E-state index contributed by atoms with van der Waals surface area (Å²) in [7, 11) is 1.74. The highest BCUT2D eigenvalue weighted by molar-refractivity contribution is 5.69. The molecule has 0 spiro atoms. The molecule has 0 radical (unpaired) electrons. The number of nitrogens with one attached hydrogen (secondary N) is 1. The summed E-state index contributed by atoms with van der Waals surface area (Å²) in [5.74, 6) is -0.273. The minimum atomic E-state index is -0.496. The first-order chi connectivity index (χ1) is 9.04. The third-order valence-corrected chi connectivity index (χ3v) is 2.88. The molecule has 2 aromatic rings. The van der Waals surface area contributed by atoms with Crippen LogP contribution in [0.15, 0.2) is 24.5 Å². The summed E-state index contributed by atoms with van der Waals surface area (Å²) >= 11 is 0. The Hall–Kier alpha value is -2.04. The number of halogens is 2. The van der Waals surface area contributed by atoms with Crippen LogP contribution in [0.3, 0.4) is 0 Å². The van der Waals surface area contributed by atoms with Crippen LogP contribution in [0, 0.1) is 11.6 Å². The van der Waals surface area contributed by atoms with Crippen LogP contribution < -0.4 is 5.32 Å². The van der Waals surface area contributed by atoms with Crippen molar-refractivity contribution in [2.45, 2.75) is 19.8 Å². The molecule has 3 nitrogen and oxygen atoms in total. The summed E-state index contributed by atoms with van der Waals surface area (Å²) in [5.41, 5.74) is 1.35. The third kappa shape index (κ3) is 2.54. The lowest BCUT2D eigenvalue weighted by Gasteiger charge is -2.16. The average molecular weight is 263 g/mol. The summed E-state index contributed by atoms with van der Waals surface area (Å²) in [4.78, 5) is 8.24. The Morgan fingerprint density at radius 1 is 1.16 bits per heavy atom. The summed E-state index contributed by atoms with van der Waals surface area (Å²) in [6.45, 7) is 3.92. The zero-order valence-corrected chi connectivity index (χ0v) is 11.0. The van der Waals surface area contributed by atoms with Crippen molar-refractivity contribution in [3.8, 4) is 11.3 Å². The zero-order chi connectivity index (χ0) is 14.0. The van der Waals surface area contributed by atoms with E-state index in [1.54, 1.807) is 7.05 Å². The van der Waals surface area contributed by atoms with Crippen LogP contribution in [0.4, 0.5) is 14.6 Å². The van der Waals surface area contributed by atoms with Gasteiger partial charge in [-0.1, -0.05) is 13.8 Å². The van der Waals surface area contributed by atoms with Crippen LogP contribution >= 0.6 is 0 Å². The van der Waals surface area contributed by atoms with Crippen LogP contribution in [0.5, 0.6) is 0 Å². The lowest BCUT2D eigenvalue weighted by Crippen LogP contribution is -2.05. The molecular weight excluding hydrogens is 248 g/mol. The Balaban J connectivity index is 2.71. The maximum Gasteiger partial charge on any atom is 0.133 e. The second-order valence-corrected chi connectivity index (χ2v) is 4.51. The molecule has 0 saturated heterocycles. The quantitative estimate of drug-likeness (QED) is 0.919. The van der Waals surface area contributed by atoms with Gasteiger partial charge in [-0.15, -0.1) is 0 Å². The fraction of sp³-hybridized carbons (Fsp3) is 0.286. The second-order valence-electron chi connectivity index (χ2n) is 4.51. The maximum absolute atomic E-state index is 13.9. The minimum absolute atomic E-state index is 0.0846. The van der Waals surface area contributed by atoms with Gasteiger partial charge in [0.2, 0.25) is 0 Å². The van der Waals surface area contributed by atoms with Gasteiger partial charge in [-0.25, -0.2) is 18.7 Å². The highest BCUT2D eigenvalue weighted by Crippen LogP contribution is 2.33. The van der Waals surface area contributed by atoms with E-state index in [4.69, 9.17) is 0 Å². The maximum atomic E-state index is 13.9. The van der Waals surface area contributed by atoms with Crippen molar-refractivity contribution in [3.63, 3.8) is 0 Å². The van der Waals surface area contributed by atoms with E-state index in [0.29, 0.717) is 11.5 Å². The molecule has 19 heavy (non-hydrogen) atoms. The number of aromatic nitrogens is 2. The number of hydrogen-bond donors (Lipinski definition) is 1. The largest absolute Gasteiger partial charge is 0.373 e. The average Bonchev–Trinajstić information content (AvgIpc) is 2.40. The summed E-state index contributed by atoms with van der Waals surface area (Å²) in [5, 5.41) is 2.95. The summed E-state index contributed by atoms with van der Waals surface area (Å²) < 4.78 is 27.2. The van der Waals surface area contributed by atoms with Gasteiger partial charge in [-0.3, -0.25) is 0 Å². The normalized spacial score (nSPS) is 10.8. The fourth-order valence-electron chi connectivity index (χ4n) is 2.04. The number of benzene rings is 1. The molecule has 0 aliphatic carbocycles. The van der Waals surface area contributed by atoms with Crippen molar-refractivity contribution >= 4 is 5.82 Å². The molecule has 1 heterocycles. The molecule has 0 amide bonds. The van der Waals surface area contributed by atoms with E-state index in [9.17, 15) is 8.78 Å². The van der Waals surface area contributed by atoms with E-state index in [2.05, 4.69) is 15.3 Å². The van der Waals surface area contributed by atoms with Crippen molar-refractivity contribution < 1.29 is 8.78 Å². The van der Waals surface area contributed by atoms with Gasteiger partial charge in [0.1, 0.15) is 23.8 Å². The van der Waals surface area contributed by atoms with Crippen LogP contribution in [-0.2, 0) is 0 Å². The molecular formula is C14H15F2N3. The lowest BCUT2D eigenvalue weighted by molar-refractivity contribution is 0.602. The van der Waals surface area contributed by atoms with Gasteiger partial charge in [0.25, 0.3) is 0 Å².